The van der Waals surface area contributed by atoms with E-state index >= 15 is 0 Å². The van der Waals surface area contributed by atoms with Gasteiger partial charge in [0.05, 0.1) is 0 Å². The average molecular weight is 187 g/mol. The van der Waals surface area contributed by atoms with E-state index in [2.05, 4.69) is 5.32 Å². The zero-order valence-corrected chi connectivity index (χ0v) is 8.71. The minimum absolute atomic E-state index is 0.00474. The fourth-order valence-corrected chi connectivity index (χ4v) is 1.87. The second-order valence-corrected chi connectivity index (χ2v) is 3.67. The molecule has 1 aliphatic rings. The molecule has 1 aliphatic heterocycles. The lowest BCUT2D eigenvalue weighted by atomic mass is 9.93. The van der Waals surface area contributed by atoms with Gasteiger partial charge in [0.15, 0.2) is 6.29 Å². The molecule has 0 amide bonds. The molecule has 3 heteroatoms. The van der Waals surface area contributed by atoms with Crippen molar-refractivity contribution in [3.8, 4) is 0 Å². The maximum atomic E-state index is 5.15. The van der Waals surface area contributed by atoms with Crippen LogP contribution in [-0.4, -0.2) is 33.6 Å². The van der Waals surface area contributed by atoms with Crippen LogP contribution in [0.5, 0.6) is 0 Å². The summed E-state index contributed by atoms with van der Waals surface area (Å²) >= 11 is 0. The summed E-state index contributed by atoms with van der Waals surface area (Å²) in [7, 11) is 3.41. The summed E-state index contributed by atoms with van der Waals surface area (Å²) in [6.07, 6.45) is 4.86. The topological polar surface area (TPSA) is 30.5 Å². The van der Waals surface area contributed by atoms with Gasteiger partial charge in [0.25, 0.3) is 0 Å². The number of piperidine rings is 1. The molecule has 1 fully saturated rings. The first-order valence-corrected chi connectivity index (χ1v) is 5.13. The first kappa shape index (κ1) is 11.0. The van der Waals surface area contributed by atoms with E-state index in [0.717, 1.165) is 12.3 Å². The van der Waals surface area contributed by atoms with E-state index in [1.54, 1.807) is 14.2 Å². The molecule has 1 N–H and O–H groups in total. The second-order valence-electron chi connectivity index (χ2n) is 3.67. The van der Waals surface area contributed by atoms with Gasteiger partial charge >= 0.3 is 0 Å². The van der Waals surface area contributed by atoms with Crippen LogP contribution in [0.15, 0.2) is 0 Å². The molecule has 0 bridgehead atoms. The maximum Gasteiger partial charge on any atom is 0.156 e. The molecule has 0 aromatic rings. The van der Waals surface area contributed by atoms with Crippen molar-refractivity contribution in [3.05, 3.63) is 0 Å². The summed E-state index contributed by atoms with van der Waals surface area (Å²) < 4.78 is 10.3. The van der Waals surface area contributed by atoms with Crippen molar-refractivity contribution >= 4 is 0 Å². The Balaban J connectivity index is 2.09. The van der Waals surface area contributed by atoms with Crippen molar-refractivity contribution in [3.63, 3.8) is 0 Å². The van der Waals surface area contributed by atoms with Crippen LogP contribution in [0, 0.1) is 5.92 Å². The van der Waals surface area contributed by atoms with E-state index in [4.69, 9.17) is 9.47 Å². The fourth-order valence-electron chi connectivity index (χ4n) is 1.87. The van der Waals surface area contributed by atoms with Crippen LogP contribution in [0.3, 0.4) is 0 Å². The van der Waals surface area contributed by atoms with Gasteiger partial charge in [0, 0.05) is 14.2 Å². The van der Waals surface area contributed by atoms with E-state index in [0.29, 0.717) is 0 Å². The molecule has 3 nitrogen and oxygen atoms in total. The first-order valence-electron chi connectivity index (χ1n) is 5.13. The third-order valence-electron chi connectivity index (χ3n) is 2.80. The van der Waals surface area contributed by atoms with Gasteiger partial charge in [-0.3, -0.25) is 0 Å². The number of hydrogen-bond acceptors (Lipinski definition) is 3. The standard InChI is InChI=1S/C10H21NO2/c1-12-10(13-2)4-3-9-5-7-11-8-6-9/h9-11H,3-8H2,1-2H3. The molecule has 0 unspecified atom stereocenters. The van der Waals surface area contributed by atoms with Crippen LogP contribution >= 0.6 is 0 Å². The zero-order valence-electron chi connectivity index (χ0n) is 8.71. The SMILES string of the molecule is COC(CCC1CCNCC1)OC. The van der Waals surface area contributed by atoms with Crippen molar-refractivity contribution < 1.29 is 9.47 Å². The summed E-state index contributed by atoms with van der Waals surface area (Å²) in [5, 5.41) is 3.37. The molecule has 1 heterocycles. The first-order chi connectivity index (χ1) is 6.36. The molecule has 0 aromatic heterocycles. The van der Waals surface area contributed by atoms with Gasteiger partial charge in [-0.2, -0.15) is 0 Å². The molecule has 0 aliphatic carbocycles. The molecule has 0 spiro atoms. The monoisotopic (exact) mass is 187 g/mol. The molecular weight excluding hydrogens is 166 g/mol. The predicted molar refractivity (Wildman–Crippen MR) is 52.6 cm³/mol. The highest BCUT2D eigenvalue weighted by molar-refractivity contribution is 4.68. The Hall–Kier alpha value is -0.120. The molecule has 0 atom stereocenters. The molecule has 13 heavy (non-hydrogen) atoms. The third kappa shape index (κ3) is 4.07. The minimum Gasteiger partial charge on any atom is -0.356 e. The lowest BCUT2D eigenvalue weighted by Gasteiger charge is -2.23. The number of hydrogen-bond donors (Lipinski definition) is 1. The normalized spacial score (nSPS) is 19.6. The molecule has 1 rings (SSSR count). The Morgan fingerprint density at radius 1 is 1.23 bits per heavy atom. The lowest BCUT2D eigenvalue weighted by molar-refractivity contribution is -0.109. The van der Waals surface area contributed by atoms with Crippen LogP contribution in [0.2, 0.25) is 0 Å². The van der Waals surface area contributed by atoms with Crippen molar-refractivity contribution in [1.29, 1.82) is 0 Å². The molecule has 0 aromatic carbocycles. The van der Waals surface area contributed by atoms with Crippen LogP contribution < -0.4 is 5.32 Å². The summed E-state index contributed by atoms with van der Waals surface area (Å²) in [6, 6.07) is 0. The maximum absolute atomic E-state index is 5.15. The second kappa shape index (κ2) is 6.35. The Morgan fingerprint density at radius 2 is 1.85 bits per heavy atom. The third-order valence-corrected chi connectivity index (χ3v) is 2.80. The van der Waals surface area contributed by atoms with Crippen molar-refractivity contribution in [2.75, 3.05) is 27.3 Å². The van der Waals surface area contributed by atoms with E-state index in [1.165, 1.54) is 32.4 Å². The fraction of sp³-hybridized carbons (Fsp3) is 1.00. The largest absolute Gasteiger partial charge is 0.356 e. The number of ether oxygens (including phenoxy) is 2. The van der Waals surface area contributed by atoms with Gasteiger partial charge in [0.1, 0.15) is 0 Å². The summed E-state index contributed by atoms with van der Waals surface area (Å²) in [5.41, 5.74) is 0. The van der Waals surface area contributed by atoms with Gasteiger partial charge in [-0.05, 0) is 44.7 Å². The highest BCUT2D eigenvalue weighted by Gasteiger charge is 2.15. The predicted octanol–water partition coefficient (Wildman–Crippen LogP) is 1.39. The van der Waals surface area contributed by atoms with Gasteiger partial charge < -0.3 is 14.8 Å². The Labute approximate surface area is 80.8 Å². The molecule has 0 radical (unpaired) electrons. The average Bonchev–Trinajstić information content (AvgIpc) is 2.21. The smallest absolute Gasteiger partial charge is 0.156 e. The van der Waals surface area contributed by atoms with E-state index in [1.807, 2.05) is 0 Å². The van der Waals surface area contributed by atoms with Crippen molar-refractivity contribution in [2.24, 2.45) is 5.92 Å². The van der Waals surface area contributed by atoms with Crippen LogP contribution in [0.1, 0.15) is 25.7 Å². The summed E-state index contributed by atoms with van der Waals surface area (Å²) in [6.45, 7) is 2.35. The van der Waals surface area contributed by atoms with Gasteiger partial charge in [-0.1, -0.05) is 0 Å². The highest BCUT2D eigenvalue weighted by atomic mass is 16.7. The Kier molecular flexibility index (Phi) is 5.35. The lowest BCUT2D eigenvalue weighted by Crippen LogP contribution is -2.28. The quantitative estimate of drug-likeness (QED) is 0.660. The van der Waals surface area contributed by atoms with Gasteiger partial charge in [-0.15, -0.1) is 0 Å². The van der Waals surface area contributed by atoms with Crippen molar-refractivity contribution in [1.82, 2.24) is 5.32 Å². The van der Waals surface area contributed by atoms with Crippen LogP contribution in [0.25, 0.3) is 0 Å². The molecule has 0 saturated carbocycles. The zero-order chi connectivity index (χ0) is 9.52. The number of methoxy groups -OCH3 is 2. The molecule has 78 valence electrons. The van der Waals surface area contributed by atoms with E-state index < -0.39 is 0 Å². The van der Waals surface area contributed by atoms with Crippen molar-refractivity contribution in [2.45, 2.75) is 32.0 Å². The molecule has 1 saturated heterocycles. The van der Waals surface area contributed by atoms with Gasteiger partial charge in [0.2, 0.25) is 0 Å². The van der Waals surface area contributed by atoms with E-state index in [-0.39, 0.29) is 6.29 Å². The van der Waals surface area contributed by atoms with Gasteiger partial charge in [-0.25, -0.2) is 0 Å². The molecular formula is C10H21NO2. The number of nitrogens with one attached hydrogen (secondary N) is 1. The number of rotatable bonds is 5. The summed E-state index contributed by atoms with van der Waals surface area (Å²) in [5.74, 6) is 0.869. The van der Waals surface area contributed by atoms with Crippen LogP contribution in [0.4, 0.5) is 0 Å². The summed E-state index contributed by atoms with van der Waals surface area (Å²) in [4.78, 5) is 0. The van der Waals surface area contributed by atoms with E-state index in [9.17, 15) is 0 Å². The Morgan fingerprint density at radius 3 is 2.38 bits per heavy atom. The van der Waals surface area contributed by atoms with Crippen LogP contribution in [-0.2, 0) is 9.47 Å². The minimum atomic E-state index is -0.00474. The highest BCUT2D eigenvalue weighted by Crippen LogP contribution is 2.19. The Bertz CT molecular complexity index is 120.